The third-order valence-corrected chi connectivity index (χ3v) is 8.93. The van der Waals surface area contributed by atoms with Crippen molar-refractivity contribution in [2.45, 2.75) is 104 Å². The predicted molar refractivity (Wildman–Crippen MR) is 187 cm³/mol. The number of rotatable bonds is 14. The Morgan fingerprint density at radius 3 is 2.13 bits per heavy atom. The standard InChI is InChI=1S/C38H57N5O4/c1-28(2)23-34(41-38(46)43-21-10-5-6-11-22-43)37(45)40-35(36(44)39-32-15-12-20-42(26-32)25-29(3)4)24-30-16-18-33(19-17-30)47-27-31-13-8-7-9-14-31/h7-9,13-14,16-19,28-29,32,34-35H,5-6,10-12,15,20-27H2,1-4H3,(H,39,44)(H,40,45)(H,41,46). The lowest BCUT2D eigenvalue weighted by molar-refractivity contribution is -0.130. The molecule has 2 heterocycles. The maximum atomic E-state index is 13.9. The van der Waals surface area contributed by atoms with Crippen molar-refractivity contribution < 1.29 is 19.1 Å². The summed E-state index contributed by atoms with van der Waals surface area (Å²) >= 11 is 0. The lowest BCUT2D eigenvalue weighted by atomic mass is 10.00. The zero-order valence-electron chi connectivity index (χ0n) is 29.0. The van der Waals surface area contributed by atoms with E-state index in [1.807, 2.05) is 73.3 Å². The first-order valence-corrected chi connectivity index (χ1v) is 17.8. The number of benzene rings is 2. The van der Waals surface area contributed by atoms with Gasteiger partial charge >= 0.3 is 6.03 Å². The molecule has 2 aromatic rings. The third-order valence-electron chi connectivity index (χ3n) is 8.93. The number of piperidine rings is 1. The molecule has 0 radical (unpaired) electrons. The number of nitrogens with zero attached hydrogens (tertiary/aromatic N) is 2. The summed E-state index contributed by atoms with van der Waals surface area (Å²) in [6, 6.07) is 16.0. The van der Waals surface area contributed by atoms with Gasteiger partial charge in [-0.25, -0.2) is 4.79 Å². The Labute approximate surface area is 282 Å². The molecule has 2 fully saturated rings. The van der Waals surface area contributed by atoms with Crippen LogP contribution >= 0.6 is 0 Å². The Morgan fingerprint density at radius 2 is 1.47 bits per heavy atom. The van der Waals surface area contributed by atoms with Crippen molar-refractivity contribution in [3.05, 3.63) is 65.7 Å². The van der Waals surface area contributed by atoms with Crippen molar-refractivity contribution >= 4 is 17.8 Å². The van der Waals surface area contributed by atoms with E-state index in [2.05, 4.69) is 34.7 Å². The van der Waals surface area contributed by atoms with Gasteiger partial charge in [0.2, 0.25) is 11.8 Å². The highest BCUT2D eigenvalue weighted by atomic mass is 16.5. The number of amides is 4. The first-order chi connectivity index (χ1) is 22.7. The molecule has 0 saturated carbocycles. The summed E-state index contributed by atoms with van der Waals surface area (Å²) in [4.78, 5) is 45.2. The van der Waals surface area contributed by atoms with E-state index in [9.17, 15) is 14.4 Å². The molecule has 0 aromatic heterocycles. The summed E-state index contributed by atoms with van der Waals surface area (Å²) in [6.07, 6.45) is 6.94. The van der Waals surface area contributed by atoms with Gasteiger partial charge in [0.25, 0.3) is 0 Å². The Bertz CT molecular complexity index is 1240. The van der Waals surface area contributed by atoms with Crippen LogP contribution in [0.4, 0.5) is 4.79 Å². The van der Waals surface area contributed by atoms with Gasteiger partial charge in [-0.3, -0.25) is 9.59 Å². The second kappa shape index (κ2) is 18.7. The minimum atomic E-state index is -0.788. The molecule has 2 aromatic carbocycles. The van der Waals surface area contributed by atoms with Crippen LogP contribution in [0.25, 0.3) is 0 Å². The molecule has 2 saturated heterocycles. The van der Waals surface area contributed by atoms with Crippen LogP contribution in [0, 0.1) is 11.8 Å². The summed E-state index contributed by atoms with van der Waals surface area (Å²) in [5.41, 5.74) is 2.00. The number of hydrogen-bond donors (Lipinski definition) is 3. The third kappa shape index (κ3) is 12.5. The normalized spacial score (nSPS) is 18.7. The van der Waals surface area contributed by atoms with Gasteiger partial charge in [0.15, 0.2) is 0 Å². The maximum Gasteiger partial charge on any atom is 0.318 e. The van der Waals surface area contributed by atoms with Crippen LogP contribution in [0.5, 0.6) is 5.75 Å². The summed E-state index contributed by atoms with van der Waals surface area (Å²) in [7, 11) is 0. The van der Waals surface area contributed by atoms with Crippen LogP contribution in [0.3, 0.4) is 0 Å². The van der Waals surface area contributed by atoms with Gasteiger partial charge in [0.1, 0.15) is 24.4 Å². The minimum Gasteiger partial charge on any atom is -0.489 e. The van der Waals surface area contributed by atoms with E-state index in [-0.39, 0.29) is 29.8 Å². The van der Waals surface area contributed by atoms with Gasteiger partial charge < -0.3 is 30.5 Å². The van der Waals surface area contributed by atoms with Crippen LogP contribution in [0.15, 0.2) is 54.6 Å². The first kappa shape index (κ1) is 36.2. The van der Waals surface area contributed by atoms with E-state index in [0.29, 0.717) is 38.5 Å². The van der Waals surface area contributed by atoms with Crippen LogP contribution in [0.1, 0.15) is 83.8 Å². The number of carbonyl (C=O) groups is 3. The summed E-state index contributed by atoms with van der Waals surface area (Å²) in [5.74, 6) is 0.957. The maximum absolute atomic E-state index is 13.9. The van der Waals surface area contributed by atoms with E-state index in [1.54, 1.807) is 0 Å². The van der Waals surface area contributed by atoms with Gasteiger partial charge in [-0.1, -0.05) is 83.0 Å². The summed E-state index contributed by atoms with van der Waals surface area (Å²) < 4.78 is 5.97. The molecule has 0 spiro atoms. The van der Waals surface area contributed by atoms with Crippen LogP contribution < -0.4 is 20.7 Å². The van der Waals surface area contributed by atoms with Gasteiger partial charge in [0, 0.05) is 38.6 Å². The zero-order valence-corrected chi connectivity index (χ0v) is 29.0. The predicted octanol–water partition coefficient (Wildman–Crippen LogP) is 5.53. The fourth-order valence-corrected chi connectivity index (χ4v) is 6.55. The second-order valence-electron chi connectivity index (χ2n) is 14.2. The molecular weight excluding hydrogens is 590 g/mol. The highest BCUT2D eigenvalue weighted by Gasteiger charge is 2.31. The molecule has 2 aliphatic heterocycles. The number of carbonyl (C=O) groups excluding carboxylic acids is 3. The highest BCUT2D eigenvalue weighted by molar-refractivity contribution is 5.92. The molecule has 3 unspecified atom stereocenters. The van der Waals surface area contributed by atoms with E-state index in [0.717, 1.165) is 75.0 Å². The van der Waals surface area contributed by atoms with E-state index in [1.165, 1.54) is 0 Å². The summed E-state index contributed by atoms with van der Waals surface area (Å²) in [5, 5.41) is 9.33. The van der Waals surface area contributed by atoms with E-state index >= 15 is 0 Å². The van der Waals surface area contributed by atoms with Gasteiger partial charge in [-0.05, 0) is 73.7 Å². The smallest absolute Gasteiger partial charge is 0.318 e. The molecule has 258 valence electrons. The molecule has 3 atom stereocenters. The summed E-state index contributed by atoms with van der Waals surface area (Å²) in [6.45, 7) is 13.2. The lowest BCUT2D eigenvalue weighted by Crippen LogP contribution is -2.58. The zero-order chi connectivity index (χ0) is 33.6. The van der Waals surface area contributed by atoms with E-state index in [4.69, 9.17) is 4.74 Å². The van der Waals surface area contributed by atoms with Crippen molar-refractivity contribution in [3.63, 3.8) is 0 Å². The second-order valence-corrected chi connectivity index (χ2v) is 14.2. The number of nitrogens with one attached hydrogen (secondary N) is 3. The monoisotopic (exact) mass is 647 g/mol. The quantitative estimate of drug-likeness (QED) is 0.250. The Kier molecular flexibility index (Phi) is 14.4. The number of urea groups is 1. The largest absolute Gasteiger partial charge is 0.489 e. The molecule has 47 heavy (non-hydrogen) atoms. The molecule has 4 rings (SSSR count). The molecular formula is C38H57N5O4. The fourth-order valence-electron chi connectivity index (χ4n) is 6.55. The lowest BCUT2D eigenvalue weighted by Gasteiger charge is -2.35. The molecule has 4 amide bonds. The average molecular weight is 648 g/mol. The Hall–Kier alpha value is -3.59. The first-order valence-electron chi connectivity index (χ1n) is 17.8. The topological polar surface area (TPSA) is 103 Å². The van der Waals surface area contributed by atoms with Gasteiger partial charge in [0.05, 0.1) is 0 Å². The highest BCUT2D eigenvalue weighted by Crippen LogP contribution is 2.18. The van der Waals surface area contributed by atoms with Crippen molar-refractivity contribution in [2.24, 2.45) is 11.8 Å². The Morgan fingerprint density at radius 1 is 0.766 bits per heavy atom. The van der Waals surface area contributed by atoms with Crippen LogP contribution in [-0.2, 0) is 22.6 Å². The molecule has 0 bridgehead atoms. The molecule has 3 N–H and O–H groups in total. The van der Waals surface area contributed by atoms with Crippen molar-refractivity contribution in [2.75, 3.05) is 32.7 Å². The minimum absolute atomic E-state index is 0.0253. The Balaban J connectivity index is 1.45. The van der Waals surface area contributed by atoms with E-state index < -0.39 is 12.1 Å². The van der Waals surface area contributed by atoms with Gasteiger partial charge in [-0.15, -0.1) is 0 Å². The average Bonchev–Trinajstić information content (AvgIpc) is 3.34. The van der Waals surface area contributed by atoms with Gasteiger partial charge in [-0.2, -0.15) is 0 Å². The molecule has 9 nitrogen and oxygen atoms in total. The van der Waals surface area contributed by atoms with Crippen molar-refractivity contribution in [1.82, 2.24) is 25.8 Å². The van der Waals surface area contributed by atoms with Crippen molar-refractivity contribution in [3.8, 4) is 5.75 Å². The SMILES string of the molecule is CC(C)CC(NC(=O)N1CCCCCC1)C(=O)NC(Cc1ccc(OCc2ccccc2)cc1)C(=O)NC1CCCN(CC(C)C)C1. The molecule has 0 aliphatic carbocycles. The number of hydrogen-bond acceptors (Lipinski definition) is 5. The molecule has 2 aliphatic rings. The fraction of sp³-hybridized carbons (Fsp3) is 0.605. The van der Waals surface area contributed by atoms with Crippen LogP contribution in [-0.4, -0.2) is 78.5 Å². The number of ether oxygens (including phenoxy) is 1. The number of likely N-dealkylation sites (tertiary alicyclic amines) is 2. The van der Waals surface area contributed by atoms with Crippen LogP contribution in [0.2, 0.25) is 0 Å². The van der Waals surface area contributed by atoms with Crippen molar-refractivity contribution in [1.29, 1.82) is 0 Å². The molecule has 9 heteroatoms.